The van der Waals surface area contributed by atoms with Gasteiger partial charge in [-0.3, -0.25) is 14.4 Å². The van der Waals surface area contributed by atoms with Crippen LogP contribution in [0.4, 0.5) is 0 Å². The second-order valence-corrected chi connectivity index (χ2v) is 18.9. The Morgan fingerprint density at radius 2 is 0.509 bits per heavy atom. The van der Waals surface area contributed by atoms with Gasteiger partial charge in [-0.2, -0.15) is 0 Å². The zero-order valence-electron chi connectivity index (χ0n) is 39.1. The van der Waals surface area contributed by atoms with Gasteiger partial charge in [0.25, 0.3) is 0 Å². The lowest BCUT2D eigenvalue weighted by molar-refractivity contribution is -0.167. The van der Waals surface area contributed by atoms with Crippen molar-refractivity contribution in [1.82, 2.24) is 0 Å². The number of unbranched alkanes of at least 4 members (excludes halogenated alkanes) is 27. The molecule has 0 rings (SSSR count). The van der Waals surface area contributed by atoms with Gasteiger partial charge in [-0.1, -0.05) is 234 Å². The molecule has 0 radical (unpaired) electrons. The lowest BCUT2D eigenvalue weighted by Gasteiger charge is -2.18. The van der Waals surface area contributed by atoms with Crippen LogP contribution in [0.2, 0.25) is 0 Å². The molecule has 0 aliphatic heterocycles. The predicted octanol–water partition coefficient (Wildman–Crippen LogP) is 16.0. The molecular weight excluding hydrogens is 709 g/mol. The van der Waals surface area contributed by atoms with Gasteiger partial charge in [0, 0.05) is 19.3 Å². The molecule has 1 atom stereocenters. The quantitative estimate of drug-likeness (QED) is 0.0347. The summed E-state index contributed by atoms with van der Waals surface area (Å²) in [7, 11) is 0. The smallest absolute Gasteiger partial charge is 0.306 e. The van der Waals surface area contributed by atoms with Crippen LogP contribution in [0.15, 0.2) is 0 Å². The zero-order chi connectivity index (χ0) is 42.0. The first-order chi connectivity index (χ1) is 27.6. The third-order valence-corrected chi connectivity index (χ3v) is 11.4. The Bertz CT molecular complexity index is 883. The van der Waals surface area contributed by atoms with Crippen LogP contribution in [0, 0.1) is 17.8 Å². The Balaban J connectivity index is 4.28. The third-order valence-electron chi connectivity index (χ3n) is 11.4. The van der Waals surface area contributed by atoms with Gasteiger partial charge in [-0.15, -0.1) is 0 Å². The summed E-state index contributed by atoms with van der Waals surface area (Å²) >= 11 is 0. The predicted molar refractivity (Wildman–Crippen MR) is 243 cm³/mol. The topological polar surface area (TPSA) is 78.9 Å². The van der Waals surface area contributed by atoms with Crippen LogP contribution in [0.3, 0.4) is 0 Å². The maximum Gasteiger partial charge on any atom is 0.306 e. The lowest BCUT2D eigenvalue weighted by atomic mass is 10.0. The van der Waals surface area contributed by atoms with Crippen LogP contribution < -0.4 is 0 Å². The summed E-state index contributed by atoms with van der Waals surface area (Å²) in [5, 5.41) is 0. The van der Waals surface area contributed by atoms with E-state index in [-0.39, 0.29) is 31.1 Å². The molecule has 0 spiro atoms. The van der Waals surface area contributed by atoms with E-state index in [0.29, 0.717) is 19.3 Å². The molecule has 0 aliphatic rings. The fourth-order valence-electron chi connectivity index (χ4n) is 7.59. The largest absolute Gasteiger partial charge is 0.462 e. The second-order valence-electron chi connectivity index (χ2n) is 18.9. The molecule has 0 aliphatic carbocycles. The fraction of sp³-hybridized carbons (Fsp3) is 0.941. The van der Waals surface area contributed by atoms with E-state index in [4.69, 9.17) is 14.2 Å². The maximum atomic E-state index is 12.8. The van der Waals surface area contributed by atoms with Crippen molar-refractivity contribution in [2.45, 2.75) is 279 Å². The highest BCUT2D eigenvalue weighted by molar-refractivity contribution is 5.71. The number of ether oxygens (including phenoxy) is 3. The Kier molecular flexibility index (Phi) is 41.3. The molecule has 338 valence electrons. The highest BCUT2D eigenvalue weighted by Crippen LogP contribution is 2.17. The summed E-state index contributed by atoms with van der Waals surface area (Å²) in [5.74, 6) is 1.57. The van der Waals surface area contributed by atoms with E-state index in [0.717, 1.165) is 75.5 Å². The van der Waals surface area contributed by atoms with E-state index in [1.54, 1.807) is 0 Å². The van der Waals surface area contributed by atoms with Crippen molar-refractivity contribution in [3.63, 3.8) is 0 Å². The number of hydrogen-bond acceptors (Lipinski definition) is 6. The fourth-order valence-corrected chi connectivity index (χ4v) is 7.59. The van der Waals surface area contributed by atoms with Gasteiger partial charge in [0.05, 0.1) is 0 Å². The van der Waals surface area contributed by atoms with Gasteiger partial charge in [0.15, 0.2) is 6.10 Å². The highest BCUT2D eigenvalue weighted by Gasteiger charge is 2.19. The van der Waals surface area contributed by atoms with Gasteiger partial charge < -0.3 is 14.2 Å². The Morgan fingerprint density at radius 3 is 0.754 bits per heavy atom. The summed E-state index contributed by atoms with van der Waals surface area (Å²) in [4.78, 5) is 37.8. The Hall–Kier alpha value is -1.59. The molecule has 0 N–H and O–H groups in total. The molecule has 0 aromatic heterocycles. The van der Waals surface area contributed by atoms with E-state index in [1.165, 1.54) is 154 Å². The molecule has 0 saturated heterocycles. The minimum atomic E-state index is -0.762. The molecule has 57 heavy (non-hydrogen) atoms. The molecule has 6 heteroatoms. The third kappa shape index (κ3) is 45.3. The summed E-state index contributed by atoms with van der Waals surface area (Å²) in [6.45, 7) is 13.6. The molecule has 0 aromatic rings. The standard InChI is InChI=1S/C51H98O6/c1-45(2)37-31-25-19-15-11-8-7-9-13-17-21-28-34-40-49(52)55-43-48(44-56-50(53)41-35-29-24-23-27-33-39-47(5)6)57-51(54)42-36-30-22-18-14-10-12-16-20-26-32-38-46(3)4/h45-48H,7-44H2,1-6H3/t48-/m0/s1. The first-order valence-corrected chi connectivity index (χ1v) is 25.1. The van der Waals surface area contributed by atoms with Crippen molar-refractivity contribution < 1.29 is 28.6 Å². The minimum Gasteiger partial charge on any atom is -0.462 e. The summed E-state index contributed by atoms with van der Waals surface area (Å²) in [6.07, 6.45) is 41.0. The molecule has 0 heterocycles. The van der Waals surface area contributed by atoms with Gasteiger partial charge in [0.2, 0.25) is 0 Å². The van der Waals surface area contributed by atoms with Crippen LogP contribution >= 0.6 is 0 Å². The second kappa shape index (κ2) is 42.5. The summed E-state index contributed by atoms with van der Waals surface area (Å²) in [5.41, 5.74) is 0. The number of esters is 3. The van der Waals surface area contributed by atoms with Crippen LogP contribution in [-0.4, -0.2) is 37.2 Å². The van der Waals surface area contributed by atoms with E-state index in [1.807, 2.05) is 0 Å². The number of carbonyl (C=O) groups excluding carboxylic acids is 3. The first kappa shape index (κ1) is 55.4. The first-order valence-electron chi connectivity index (χ1n) is 25.1. The van der Waals surface area contributed by atoms with Crippen molar-refractivity contribution >= 4 is 17.9 Å². The van der Waals surface area contributed by atoms with Gasteiger partial charge >= 0.3 is 17.9 Å². The maximum absolute atomic E-state index is 12.8. The average Bonchev–Trinajstić information content (AvgIpc) is 3.16. The van der Waals surface area contributed by atoms with Crippen molar-refractivity contribution in [3.8, 4) is 0 Å². The van der Waals surface area contributed by atoms with Crippen LogP contribution in [0.5, 0.6) is 0 Å². The van der Waals surface area contributed by atoms with Crippen molar-refractivity contribution in [1.29, 1.82) is 0 Å². The number of rotatable bonds is 44. The Morgan fingerprint density at radius 1 is 0.298 bits per heavy atom. The molecule has 0 fully saturated rings. The normalized spacial score (nSPS) is 12.2. The molecule has 6 nitrogen and oxygen atoms in total. The van der Waals surface area contributed by atoms with Crippen LogP contribution in [0.25, 0.3) is 0 Å². The van der Waals surface area contributed by atoms with Crippen molar-refractivity contribution in [2.24, 2.45) is 17.8 Å². The summed E-state index contributed by atoms with van der Waals surface area (Å²) < 4.78 is 16.8. The summed E-state index contributed by atoms with van der Waals surface area (Å²) in [6, 6.07) is 0. The Labute approximate surface area is 355 Å². The molecule has 0 unspecified atom stereocenters. The van der Waals surface area contributed by atoms with Gasteiger partial charge in [-0.25, -0.2) is 0 Å². The molecule has 0 aromatic carbocycles. The van der Waals surface area contributed by atoms with Crippen molar-refractivity contribution in [2.75, 3.05) is 13.2 Å². The van der Waals surface area contributed by atoms with Gasteiger partial charge in [0.1, 0.15) is 13.2 Å². The monoisotopic (exact) mass is 807 g/mol. The zero-order valence-corrected chi connectivity index (χ0v) is 39.1. The number of carbonyl (C=O) groups is 3. The lowest BCUT2D eigenvalue weighted by Crippen LogP contribution is -2.30. The highest BCUT2D eigenvalue weighted by atomic mass is 16.6. The van der Waals surface area contributed by atoms with Crippen LogP contribution in [-0.2, 0) is 28.6 Å². The van der Waals surface area contributed by atoms with Gasteiger partial charge in [-0.05, 0) is 37.0 Å². The van der Waals surface area contributed by atoms with E-state index in [2.05, 4.69) is 41.5 Å². The van der Waals surface area contributed by atoms with E-state index < -0.39 is 6.10 Å². The molecule has 0 amide bonds. The molecular formula is C51H98O6. The van der Waals surface area contributed by atoms with E-state index >= 15 is 0 Å². The molecule has 0 saturated carbocycles. The van der Waals surface area contributed by atoms with Crippen LogP contribution in [0.1, 0.15) is 273 Å². The molecule has 0 bridgehead atoms. The minimum absolute atomic E-state index is 0.0656. The SMILES string of the molecule is CC(C)CCCCCCCCCCCCCCCC(=O)OC[C@@H](COC(=O)CCCCCCCCC(C)C)OC(=O)CCCCCCCCCCCCCC(C)C. The average molecular weight is 807 g/mol. The van der Waals surface area contributed by atoms with E-state index in [9.17, 15) is 14.4 Å². The van der Waals surface area contributed by atoms with Crippen molar-refractivity contribution in [3.05, 3.63) is 0 Å². The number of hydrogen-bond donors (Lipinski definition) is 0.